The van der Waals surface area contributed by atoms with Gasteiger partial charge in [0.1, 0.15) is 0 Å². The molecule has 0 saturated carbocycles. The van der Waals surface area contributed by atoms with E-state index in [0.29, 0.717) is 30.1 Å². The zero-order chi connectivity index (χ0) is 11.5. The van der Waals surface area contributed by atoms with Crippen LogP contribution >= 0.6 is 11.6 Å². The molecule has 1 aromatic rings. The minimum absolute atomic E-state index is 0.0241. The third-order valence-corrected chi connectivity index (χ3v) is 2.42. The highest BCUT2D eigenvalue weighted by Crippen LogP contribution is 2.27. The first-order chi connectivity index (χ1) is 7.66. The van der Waals surface area contributed by atoms with Gasteiger partial charge in [0.15, 0.2) is 0 Å². The maximum atomic E-state index is 10.8. The van der Waals surface area contributed by atoms with Crippen molar-refractivity contribution in [2.24, 2.45) is 0 Å². The molecule has 5 nitrogen and oxygen atoms in total. The van der Waals surface area contributed by atoms with Crippen LogP contribution in [0.1, 0.15) is 5.56 Å². The fourth-order valence-electron chi connectivity index (χ4n) is 1.48. The maximum Gasteiger partial charge on any atom is 0.272 e. The molecule has 0 amide bonds. The van der Waals surface area contributed by atoms with Crippen molar-refractivity contribution < 1.29 is 14.4 Å². The number of nitro groups is 1. The Morgan fingerprint density at radius 2 is 2.06 bits per heavy atom. The SMILES string of the molecule is O=[N+]([O-])c1ccc(Cl)cc1C[C]1OCCO1. The zero-order valence-electron chi connectivity index (χ0n) is 8.31. The number of nitro benzene ring substituents is 1. The molecule has 0 spiro atoms. The molecule has 1 aliphatic heterocycles. The van der Waals surface area contributed by atoms with Crippen LogP contribution in [0, 0.1) is 16.4 Å². The molecule has 85 valence electrons. The van der Waals surface area contributed by atoms with Crippen LogP contribution < -0.4 is 0 Å². The predicted octanol–water partition coefficient (Wildman–Crippen LogP) is 2.33. The van der Waals surface area contributed by atoms with Crippen molar-refractivity contribution in [3.05, 3.63) is 45.2 Å². The van der Waals surface area contributed by atoms with Crippen molar-refractivity contribution in [3.63, 3.8) is 0 Å². The number of halogens is 1. The van der Waals surface area contributed by atoms with Crippen LogP contribution in [0.5, 0.6) is 0 Å². The first-order valence-corrected chi connectivity index (χ1v) is 5.09. The highest BCUT2D eigenvalue weighted by Gasteiger charge is 2.23. The Morgan fingerprint density at radius 1 is 1.38 bits per heavy atom. The third-order valence-electron chi connectivity index (χ3n) is 2.18. The lowest BCUT2D eigenvalue weighted by atomic mass is 10.1. The van der Waals surface area contributed by atoms with Crippen LogP contribution in [-0.4, -0.2) is 18.1 Å². The minimum Gasteiger partial charge on any atom is -0.343 e. The second-order valence-corrected chi connectivity index (χ2v) is 3.71. The van der Waals surface area contributed by atoms with Gasteiger partial charge in [-0.05, 0) is 12.1 Å². The first-order valence-electron chi connectivity index (χ1n) is 4.71. The van der Waals surface area contributed by atoms with Crippen LogP contribution in [0.2, 0.25) is 5.02 Å². The standard InChI is InChI=1S/C10H9ClNO4/c11-8-1-2-9(12(13)14)7(5-8)6-10-15-3-4-16-10/h1-2,5H,3-4,6H2. The molecule has 2 rings (SSSR count). The molecule has 16 heavy (non-hydrogen) atoms. The number of rotatable bonds is 3. The van der Waals surface area contributed by atoms with Crippen molar-refractivity contribution in [1.29, 1.82) is 0 Å². The largest absolute Gasteiger partial charge is 0.343 e. The van der Waals surface area contributed by atoms with Gasteiger partial charge in [0.2, 0.25) is 6.29 Å². The number of hydrogen-bond donors (Lipinski definition) is 0. The molecular weight excluding hydrogens is 234 g/mol. The molecule has 0 aromatic heterocycles. The molecule has 0 bridgehead atoms. The smallest absolute Gasteiger partial charge is 0.272 e. The Labute approximate surface area is 97.1 Å². The second kappa shape index (κ2) is 4.78. The molecule has 0 aliphatic carbocycles. The highest BCUT2D eigenvalue weighted by atomic mass is 35.5. The Morgan fingerprint density at radius 3 is 2.69 bits per heavy atom. The summed E-state index contributed by atoms with van der Waals surface area (Å²) in [5.74, 6) is 0. The summed E-state index contributed by atoms with van der Waals surface area (Å²) in [7, 11) is 0. The van der Waals surface area contributed by atoms with Gasteiger partial charge in [0.25, 0.3) is 5.69 Å². The Hall–Kier alpha value is -1.17. The van der Waals surface area contributed by atoms with E-state index in [2.05, 4.69) is 0 Å². The fraction of sp³-hybridized carbons (Fsp3) is 0.300. The molecule has 0 unspecified atom stereocenters. The summed E-state index contributed by atoms with van der Waals surface area (Å²) < 4.78 is 10.3. The minimum atomic E-state index is -0.443. The van der Waals surface area contributed by atoms with Gasteiger partial charge in [0, 0.05) is 23.1 Å². The van der Waals surface area contributed by atoms with E-state index in [1.165, 1.54) is 12.1 Å². The summed E-state index contributed by atoms with van der Waals surface area (Å²) in [6, 6.07) is 4.43. The summed E-state index contributed by atoms with van der Waals surface area (Å²) in [5.41, 5.74) is 0.519. The van der Waals surface area contributed by atoms with Crippen molar-refractivity contribution in [1.82, 2.24) is 0 Å². The normalized spacial score (nSPS) is 16.6. The maximum absolute atomic E-state index is 10.8. The average molecular weight is 243 g/mol. The van der Waals surface area contributed by atoms with Crippen molar-refractivity contribution in [2.45, 2.75) is 6.42 Å². The molecule has 1 fully saturated rings. The van der Waals surface area contributed by atoms with Gasteiger partial charge in [-0.15, -0.1) is 0 Å². The molecule has 1 saturated heterocycles. The lowest BCUT2D eigenvalue weighted by Gasteiger charge is -2.07. The van der Waals surface area contributed by atoms with Gasteiger partial charge in [-0.2, -0.15) is 0 Å². The van der Waals surface area contributed by atoms with E-state index in [0.717, 1.165) is 0 Å². The Kier molecular flexibility index (Phi) is 3.38. The van der Waals surface area contributed by atoms with E-state index in [1.807, 2.05) is 0 Å². The number of nitrogens with zero attached hydrogens (tertiary/aromatic N) is 1. The van der Waals surface area contributed by atoms with E-state index >= 15 is 0 Å². The molecular formula is C10H9ClNO4. The van der Waals surface area contributed by atoms with E-state index in [-0.39, 0.29) is 12.1 Å². The van der Waals surface area contributed by atoms with Crippen molar-refractivity contribution in [2.75, 3.05) is 13.2 Å². The summed E-state index contributed by atoms with van der Waals surface area (Å²) in [5, 5.41) is 11.2. The summed E-state index contributed by atoms with van der Waals surface area (Å²) >= 11 is 5.79. The highest BCUT2D eigenvalue weighted by molar-refractivity contribution is 6.30. The van der Waals surface area contributed by atoms with Crippen LogP contribution in [-0.2, 0) is 15.9 Å². The first kappa shape index (κ1) is 11.3. The monoisotopic (exact) mass is 242 g/mol. The van der Waals surface area contributed by atoms with Gasteiger partial charge < -0.3 is 9.47 Å². The van der Waals surface area contributed by atoms with Crippen molar-refractivity contribution in [3.8, 4) is 0 Å². The van der Waals surface area contributed by atoms with E-state index in [9.17, 15) is 10.1 Å². The Bertz CT molecular complexity index is 404. The molecule has 1 aliphatic rings. The van der Waals surface area contributed by atoms with Gasteiger partial charge in [-0.1, -0.05) is 11.6 Å². The van der Waals surface area contributed by atoms with Crippen LogP contribution in [0.15, 0.2) is 18.2 Å². The number of ether oxygens (including phenoxy) is 2. The summed E-state index contributed by atoms with van der Waals surface area (Å²) in [4.78, 5) is 10.3. The van der Waals surface area contributed by atoms with Crippen LogP contribution in [0.4, 0.5) is 5.69 Å². The van der Waals surface area contributed by atoms with Crippen molar-refractivity contribution >= 4 is 17.3 Å². The van der Waals surface area contributed by atoms with E-state index in [1.54, 1.807) is 6.07 Å². The van der Waals surface area contributed by atoms with E-state index in [4.69, 9.17) is 21.1 Å². The molecule has 1 radical (unpaired) electrons. The number of hydrogen-bond acceptors (Lipinski definition) is 4. The zero-order valence-corrected chi connectivity index (χ0v) is 9.07. The van der Waals surface area contributed by atoms with Gasteiger partial charge >= 0.3 is 0 Å². The van der Waals surface area contributed by atoms with Gasteiger partial charge in [0.05, 0.1) is 18.1 Å². The van der Waals surface area contributed by atoms with Crippen LogP contribution in [0.25, 0.3) is 0 Å². The molecule has 6 heteroatoms. The average Bonchev–Trinajstić information content (AvgIpc) is 2.70. The summed E-state index contributed by atoms with van der Waals surface area (Å²) in [6.07, 6.45) is 0.669. The fourth-order valence-corrected chi connectivity index (χ4v) is 1.68. The second-order valence-electron chi connectivity index (χ2n) is 3.28. The van der Waals surface area contributed by atoms with Gasteiger partial charge in [-0.25, -0.2) is 0 Å². The summed E-state index contributed by atoms with van der Waals surface area (Å²) in [6.45, 7) is 0.980. The number of benzene rings is 1. The van der Waals surface area contributed by atoms with E-state index < -0.39 is 4.92 Å². The quantitative estimate of drug-likeness (QED) is 0.603. The molecule has 1 heterocycles. The topological polar surface area (TPSA) is 61.6 Å². The molecule has 0 atom stereocenters. The van der Waals surface area contributed by atoms with Crippen LogP contribution in [0.3, 0.4) is 0 Å². The predicted molar refractivity (Wildman–Crippen MR) is 57.0 cm³/mol. The third kappa shape index (κ3) is 2.49. The Balaban J connectivity index is 2.22. The molecule has 1 aromatic carbocycles. The van der Waals surface area contributed by atoms with Gasteiger partial charge in [-0.3, -0.25) is 10.1 Å². The lowest BCUT2D eigenvalue weighted by Crippen LogP contribution is -2.04. The molecule has 0 N–H and O–H groups in total. The lowest BCUT2D eigenvalue weighted by molar-refractivity contribution is -0.385.